The van der Waals surface area contributed by atoms with Crippen molar-refractivity contribution >= 4 is 41.5 Å². The molecule has 0 amide bonds. The molecule has 52 heavy (non-hydrogen) atoms. The molecule has 13 nitrogen and oxygen atoms in total. The van der Waals surface area contributed by atoms with E-state index in [2.05, 4.69) is 18.6 Å². The predicted octanol–water partition coefficient (Wildman–Crippen LogP) is 4.45. The van der Waals surface area contributed by atoms with Crippen molar-refractivity contribution in [3.05, 3.63) is 0 Å². The Hall–Kier alpha value is -3.09. The number of fused-ring (bicyclic) bond motifs is 5. The summed E-state index contributed by atoms with van der Waals surface area (Å²) < 4.78 is 124. The Bertz CT molecular complexity index is 1440. The number of halogens is 5. The van der Waals surface area contributed by atoms with Crippen molar-refractivity contribution in [2.24, 2.45) is 46.3 Å². The third-order valence-corrected chi connectivity index (χ3v) is 13.6. The molecule has 0 radical (unpaired) electrons. The number of esters is 2. The van der Waals surface area contributed by atoms with Crippen molar-refractivity contribution in [3.8, 4) is 0 Å². The molecule has 19 heteroatoms. The average Bonchev–Trinajstić information content (AvgIpc) is 3.40. The fourth-order valence-corrected chi connectivity index (χ4v) is 10.7. The Morgan fingerprint density at radius 2 is 1.54 bits per heavy atom. The van der Waals surface area contributed by atoms with E-state index in [0.29, 0.717) is 51.5 Å². The largest absolute Gasteiger partial charge is 0.743 e. The van der Waals surface area contributed by atoms with E-state index in [0.717, 1.165) is 12.8 Å². The van der Waals surface area contributed by atoms with Crippen molar-refractivity contribution in [2.75, 3.05) is 6.61 Å². The molecule has 4 rings (SSSR count). The van der Waals surface area contributed by atoms with Gasteiger partial charge in [-0.3, -0.25) is 24.0 Å². The van der Waals surface area contributed by atoms with Crippen LogP contribution in [0, 0.1) is 46.3 Å². The van der Waals surface area contributed by atoms with Gasteiger partial charge in [0.2, 0.25) is 0 Å². The number of carbonyl (C=O) groups is 5. The van der Waals surface area contributed by atoms with Crippen LogP contribution in [0.2, 0.25) is 0 Å². The highest BCUT2D eigenvalue weighted by Gasteiger charge is 2.67. The molecular weight excluding hydrogens is 731 g/mol. The van der Waals surface area contributed by atoms with Crippen LogP contribution >= 0.6 is 0 Å². The van der Waals surface area contributed by atoms with Gasteiger partial charge in [-0.15, -0.1) is 0 Å². The summed E-state index contributed by atoms with van der Waals surface area (Å²) in [5, 5.41) is -5.99. The topological polar surface area (TPSA) is 189 Å². The number of hydrogen-bond donors (Lipinski definition) is 0. The Kier molecular flexibility index (Phi) is 12.6. The molecule has 0 heterocycles. The van der Waals surface area contributed by atoms with Gasteiger partial charge in [0.25, 0.3) is 25.5 Å². The lowest BCUT2D eigenvalue weighted by molar-refractivity contribution is -0.259. The lowest BCUT2D eigenvalue weighted by Crippen LogP contribution is -2.63. The number of ether oxygens (including phenoxy) is 5. The van der Waals surface area contributed by atoms with E-state index in [-0.39, 0.29) is 59.9 Å². The van der Waals surface area contributed by atoms with Gasteiger partial charge in [-0.2, -0.15) is 22.0 Å². The van der Waals surface area contributed by atoms with Gasteiger partial charge >= 0.3 is 23.4 Å². The number of rotatable bonds is 16. The van der Waals surface area contributed by atoms with E-state index >= 15 is 0 Å². The lowest BCUT2D eigenvalue weighted by Gasteiger charge is -2.64. The molecule has 0 saturated heterocycles. The van der Waals surface area contributed by atoms with E-state index in [1.54, 1.807) is 0 Å². The third-order valence-electron chi connectivity index (χ3n) is 12.7. The second-order valence-electron chi connectivity index (χ2n) is 15.0. The summed E-state index contributed by atoms with van der Waals surface area (Å²) in [6.45, 7) is 6.66. The van der Waals surface area contributed by atoms with Gasteiger partial charge in [0.05, 0.1) is 6.42 Å². The highest BCUT2D eigenvalue weighted by molar-refractivity contribution is 7.86. The van der Waals surface area contributed by atoms with E-state index in [9.17, 15) is 58.9 Å². The Balaban J connectivity index is 1.40. The minimum absolute atomic E-state index is 0.0159. The van der Waals surface area contributed by atoms with Crippen LogP contribution in [-0.4, -0.2) is 86.8 Å². The van der Waals surface area contributed by atoms with Gasteiger partial charge in [0.1, 0.15) is 24.9 Å². The average molecular weight is 776 g/mol. The summed E-state index contributed by atoms with van der Waals surface area (Å²) in [7, 11) is -6.85. The highest BCUT2D eigenvalue weighted by Crippen LogP contribution is 2.69. The SMILES string of the molecule is C[C@H](CCC(=O)OCCC(=O)OC(C(F)(F)F)C(F)(F)S(=O)(=O)[O-])[C@H]1CC[C@H]2[C@@H]3C(OC=O)C[C@@H]4CC(OC=O)CC[C@]4(C)[C@H]3CC(OC=O)[C@]12C. The summed E-state index contributed by atoms with van der Waals surface area (Å²) >= 11 is 0. The van der Waals surface area contributed by atoms with E-state index < -0.39 is 70.2 Å². The zero-order valence-electron chi connectivity index (χ0n) is 28.9. The van der Waals surface area contributed by atoms with Crippen molar-refractivity contribution in [1.29, 1.82) is 0 Å². The van der Waals surface area contributed by atoms with Crippen LogP contribution in [0.4, 0.5) is 22.0 Å². The molecule has 12 atom stereocenters. The predicted molar refractivity (Wildman–Crippen MR) is 163 cm³/mol. The van der Waals surface area contributed by atoms with Crippen LogP contribution in [0.15, 0.2) is 0 Å². The molecule has 0 aliphatic heterocycles. The first-order chi connectivity index (χ1) is 24.2. The molecule has 0 N–H and O–H groups in total. The molecule has 296 valence electrons. The van der Waals surface area contributed by atoms with Crippen LogP contribution in [-0.2, 0) is 57.8 Å². The maximum Gasteiger partial charge on any atom is 0.432 e. The molecule has 4 unspecified atom stereocenters. The van der Waals surface area contributed by atoms with Crippen LogP contribution in [0.1, 0.15) is 85.0 Å². The fourth-order valence-electron chi connectivity index (χ4n) is 10.3. The van der Waals surface area contributed by atoms with E-state index in [4.69, 9.17) is 18.9 Å². The molecule has 0 spiro atoms. The fraction of sp³-hybridized carbons (Fsp3) is 0.848. The zero-order valence-corrected chi connectivity index (χ0v) is 29.7. The normalized spacial score (nSPS) is 35.7. The quantitative estimate of drug-likeness (QED) is 0.0704. The minimum Gasteiger partial charge on any atom is -0.743 e. The summed E-state index contributed by atoms with van der Waals surface area (Å²) in [6.07, 6.45) is -8.21. The van der Waals surface area contributed by atoms with Crippen LogP contribution in [0.5, 0.6) is 0 Å². The van der Waals surface area contributed by atoms with E-state index in [1.807, 2.05) is 6.92 Å². The molecule has 0 bridgehead atoms. The number of hydrogen-bond acceptors (Lipinski definition) is 13. The minimum atomic E-state index is -6.85. The van der Waals surface area contributed by atoms with Gasteiger partial charge in [0, 0.05) is 17.8 Å². The number of alkyl halides is 5. The maximum atomic E-state index is 13.6. The van der Waals surface area contributed by atoms with Gasteiger partial charge in [-0.25, -0.2) is 8.42 Å². The first-order valence-electron chi connectivity index (χ1n) is 17.2. The van der Waals surface area contributed by atoms with Gasteiger partial charge < -0.3 is 28.2 Å². The molecule has 4 aliphatic rings. The monoisotopic (exact) mass is 775 g/mol. The number of carbonyl (C=O) groups excluding carboxylic acids is 5. The Labute approximate surface area is 297 Å². The van der Waals surface area contributed by atoms with Crippen LogP contribution in [0.3, 0.4) is 0 Å². The molecule has 4 saturated carbocycles. The van der Waals surface area contributed by atoms with E-state index in [1.165, 1.54) is 0 Å². The molecule has 4 aliphatic carbocycles. The third kappa shape index (κ3) is 8.04. The second-order valence-corrected chi connectivity index (χ2v) is 16.5. The Morgan fingerprint density at radius 3 is 2.13 bits per heavy atom. The van der Waals surface area contributed by atoms with Crippen LogP contribution in [0.25, 0.3) is 0 Å². The molecule has 0 aromatic heterocycles. The summed E-state index contributed by atoms with van der Waals surface area (Å²) in [5.74, 6) is -2.98. The van der Waals surface area contributed by atoms with Gasteiger partial charge in [-0.05, 0) is 86.4 Å². The Morgan fingerprint density at radius 1 is 0.885 bits per heavy atom. The standard InChI is InChI=1S/C33H45F5O13S/c1-18(4-7-26(42)47-11-9-27(43)51-29(32(34,35)36)33(37,38)52(44,45)46)21-5-6-22-28-23(14-25(50-17-41)31(21,22)3)30(2)10-8-20(48-15-39)12-19(30)13-24(28)49-16-40/h15-25,28-29H,4-14H2,1-3H3,(H,44,45,46)/p-1/t18-,19+,20?,21-,22+,23+,24?,25?,28+,29?,30+,31-/m1/s1. The van der Waals surface area contributed by atoms with Gasteiger partial charge in [-0.1, -0.05) is 20.8 Å². The first-order valence-corrected chi connectivity index (χ1v) is 18.6. The summed E-state index contributed by atoms with van der Waals surface area (Å²) in [4.78, 5) is 59.1. The molecule has 0 aromatic carbocycles. The van der Waals surface area contributed by atoms with Gasteiger partial charge in [0.15, 0.2) is 10.1 Å². The molecular formula is C33H44F5O13S-. The second kappa shape index (κ2) is 15.7. The zero-order chi connectivity index (χ0) is 38.9. The lowest BCUT2D eigenvalue weighted by atomic mass is 9.43. The van der Waals surface area contributed by atoms with Crippen molar-refractivity contribution < 1.29 is 82.6 Å². The summed E-state index contributed by atoms with van der Waals surface area (Å²) in [5.41, 5.74) is -0.764. The van der Waals surface area contributed by atoms with Crippen molar-refractivity contribution in [2.45, 2.75) is 121 Å². The molecule has 4 fully saturated rings. The highest BCUT2D eigenvalue weighted by atomic mass is 32.2. The first kappa shape index (κ1) is 41.7. The molecule has 0 aromatic rings. The van der Waals surface area contributed by atoms with Crippen LogP contribution < -0.4 is 0 Å². The maximum absolute atomic E-state index is 13.6. The van der Waals surface area contributed by atoms with Crippen molar-refractivity contribution in [3.63, 3.8) is 0 Å². The summed E-state index contributed by atoms with van der Waals surface area (Å²) in [6, 6.07) is 0. The smallest absolute Gasteiger partial charge is 0.432 e. The van der Waals surface area contributed by atoms with Crippen molar-refractivity contribution in [1.82, 2.24) is 0 Å².